The van der Waals surface area contributed by atoms with E-state index < -0.39 is 0 Å². The fraction of sp³-hybridized carbons (Fsp3) is 0.429. The van der Waals surface area contributed by atoms with Gasteiger partial charge in [0.2, 0.25) is 5.91 Å². The van der Waals surface area contributed by atoms with Gasteiger partial charge < -0.3 is 10.2 Å². The van der Waals surface area contributed by atoms with Crippen molar-refractivity contribution < 1.29 is 14.0 Å². The molecular formula is C14H18FN3O2. The van der Waals surface area contributed by atoms with Crippen molar-refractivity contribution in [2.45, 2.75) is 6.92 Å². The summed E-state index contributed by atoms with van der Waals surface area (Å²) >= 11 is 0. The van der Waals surface area contributed by atoms with Crippen molar-refractivity contribution in [1.82, 2.24) is 15.1 Å². The van der Waals surface area contributed by atoms with Gasteiger partial charge in [0.05, 0.1) is 6.67 Å². The molecule has 5 nitrogen and oxygen atoms in total. The Labute approximate surface area is 117 Å². The van der Waals surface area contributed by atoms with Crippen molar-refractivity contribution in [2.24, 2.45) is 0 Å². The van der Waals surface area contributed by atoms with E-state index in [1.165, 1.54) is 24.3 Å². The average Bonchev–Trinajstić information content (AvgIpc) is 2.46. The van der Waals surface area contributed by atoms with Gasteiger partial charge in [0, 0.05) is 38.7 Å². The van der Waals surface area contributed by atoms with Gasteiger partial charge >= 0.3 is 0 Å². The minimum absolute atomic E-state index is 0.0833. The number of nitrogens with one attached hydrogen (secondary N) is 1. The van der Waals surface area contributed by atoms with Gasteiger partial charge in [-0.25, -0.2) is 4.39 Å². The highest BCUT2D eigenvalue weighted by molar-refractivity contribution is 5.94. The smallest absolute Gasteiger partial charge is 0.252 e. The van der Waals surface area contributed by atoms with Crippen LogP contribution in [0.5, 0.6) is 0 Å². The van der Waals surface area contributed by atoms with Gasteiger partial charge in [-0.15, -0.1) is 0 Å². The fourth-order valence-electron chi connectivity index (χ4n) is 2.11. The second kappa shape index (κ2) is 6.47. The standard InChI is InChI=1S/C14H18FN3O2/c1-11(19)18-8-6-17(7-9-18)10-16-14(20)12-2-4-13(15)5-3-12/h2-5H,6-10H2,1H3,(H,16,20). The van der Waals surface area contributed by atoms with Crippen LogP contribution in [0.25, 0.3) is 0 Å². The Morgan fingerprint density at radius 1 is 1.15 bits per heavy atom. The molecule has 0 spiro atoms. The first-order chi connectivity index (χ1) is 9.56. The Balaban J connectivity index is 1.77. The summed E-state index contributed by atoms with van der Waals surface area (Å²) < 4.78 is 12.8. The number of piperazine rings is 1. The molecule has 0 aromatic heterocycles. The third-order valence-electron chi connectivity index (χ3n) is 3.39. The van der Waals surface area contributed by atoms with E-state index in [2.05, 4.69) is 10.2 Å². The van der Waals surface area contributed by atoms with Crippen LogP contribution in [0, 0.1) is 5.82 Å². The summed E-state index contributed by atoms with van der Waals surface area (Å²) in [5, 5.41) is 2.79. The van der Waals surface area contributed by atoms with Crippen molar-refractivity contribution in [1.29, 1.82) is 0 Å². The summed E-state index contributed by atoms with van der Waals surface area (Å²) in [7, 11) is 0. The van der Waals surface area contributed by atoms with Gasteiger partial charge in [-0.05, 0) is 24.3 Å². The second-order valence-electron chi connectivity index (χ2n) is 4.80. The van der Waals surface area contributed by atoms with Crippen molar-refractivity contribution in [3.63, 3.8) is 0 Å². The van der Waals surface area contributed by atoms with Gasteiger partial charge in [-0.1, -0.05) is 0 Å². The van der Waals surface area contributed by atoms with Crippen molar-refractivity contribution in [3.8, 4) is 0 Å². The number of hydrogen-bond acceptors (Lipinski definition) is 3. The molecule has 1 N–H and O–H groups in total. The third kappa shape index (κ3) is 3.77. The molecule has 1 heterocycles. The third-order valence-corrected chi connectivity index (χ3v) is 3.39. The van der Waals surface area contributed by atoms with Crippen LogP contribution in [-0.2, 0) is 4.79 Å². The zero-order chi connectivity index (χ0) is 14.5. The van der Waals surface area contributed by atoms with Crippen LogP contribution in [-0.4, -0.2) is 54.5 Å². The summed E-state index contributed by atoms with van der Waals surface area (Å²) in [6.07, 6.45) is 0. The van der Waals surface area contributed by atoms with E-state index in [0.717, 1.165) is 13.1 Å². The molecule has 1 saturated heterocycles. The molecule has 1 aliphatic heterocycles. The number of halogens is 1. The van der Waals surface area contributed by atoms with Crippen LogP contribution in [0.4, 0.5) is 4.39 Å². The molecule has 0 radical (unpaired) electrons. The number of benzene rings is 1. The molecular weight excluding hydrogens is 261 g/mol. The lowest BCUT2D eigenvalue weighted by molar-refractivity contribution is -0.130. The van der Waals surface area contributed by atoms with Gasteiger partial charge in [0.1, 0.15) is 5.82 Å². The topological polar surface area (TPSA) is 52.7 Å². The maximum absolute atomic E-state index is 12.8. The minimum atomic E-state index is -0.359. The van der Waals surface area contributed by atoms with Crippen LogP contribution < -0.4 is 5.32 Å². The predicted molar refractivity (Wildman–Crippen MR) is 72.6 cm³/mol. The Kier molecular flexibility index (Phi) is 4.68. The average molecular weight is 279 g/mol. The second-order valence-corrected chi connectivity index (χ2v) is 4.80. The Morgan fingerprint density at radius 3 is 2.30 bits per heavy atom. The summed E-state index contributed by atoms with van der Waals surface area (Å²) in [5.74, 6) is -0.499. The molecule has 0 unspecified atom stereocenters. The molecule has 0 aliphatic carbocycles. The molecule has 0 bridgehead atoms. The van der Waals surface area contributed by atoms with Crippen molar-refractivity contribution in [2.75, 3.05) is 32.8 Å². The highest BCUT2D eigenvalue weighted by Crippen LogP contribution is 2.04. The van der Waals surface area contributed by atoms with Crippen LogP contribution >= 0.6 is 0 Å². The first kappa shape index (κ1) is 14.5. The van der Waals surface area contributed by atoms with Gasteiger partial charge in [-0.2, -0.15) is 0 Å². The molecule has 0 atom stereocenters. The number of carbonyl (C=O) groups is 2. The van der Waals surface area contributed by atoms with E-state index in [4.69, 9.17) is 0 Å². The molecule has 20 heavy (non-hydrogen) atoms. The molecule has 1 aliphatic rings. The van der Waals surface area contributed by atoms with Crippen LogP contribution in [0.15, 0.2) is 24.3 Å². The van der Waals surface area contributed by atoms with E-state index in [-0.39, 0.29) is 17.6 Å². The SMILES string of the molecule is CC(=O)N1CCN(CNC(=O)c2ccc(F)cc2)CC1. The zero-order valence-electron chi connectivity index (χ0n) is 11.4. The number of amides is 2. The number of hydrogen-bond donors (Lipinski definition) is 1. The quantitative estimate of drug-likeness (QED) is 0.885. The van der Waals surface area contributed by atoms with Crippen LogP contribution in [0.3, 0.4) is 0 Å². The van der Waals surface area contributed by atoms with E-state index in [1.54, 1.807) is 11.8 Å². The number of rotatable bonds is 3. The molecule has 6 heteroatoms. The Bertz CT molecular complexity index is 482. The first-order valence-electron chi connectivity index (χ1n) is 6.58. The van der Waals surface area contributed by atoms with E-state index >= 15 is 0 Å². The summed E-state index contributed by atoms with van der Waals surface area (Å²) in [6.45, 7) is 4.84. The summed E-state index contributed by atoms with van der Waals surface area (Å²) in [6, 6.07) is 5.44. The van der Waals surface area contributed by atoms with Gasteiger partial charge in [0.15, 0.2) is 0 Å². The monoisotopic (exact) mass is 279 g/mol. The fourth-order valence-corrected chi connectivity index (χ4v) is 2.11. The molecule has 0 saturated carbocycles. The largest absolute Gasteiger partial charge is 0.340 e. The van der Waals surface area contributed by atoms with Crippen LogP contribution in [0.1, 0.15) is 17.3 Å². The van der Waals surface area contributed by atoms with Gasteiger partial charge in [0.25, 0.3) is 5.91 Å². The number of carbonyl (C=O) groups excluding carboxylic acids is 2. The molecule has 108 valence electrons. The number of nitrogens with zero attached hydrogens (tertiary/aromatic N) is 2. The lowest BCUT2D eigenvalue weighted by atomic mass is 10.2. The zero-order valence-corrected chi connectivity index (χ0v) is 11.4. The van der Waals surface area contributed by atoms with E-state index in [9.17, 15) is 14.0 Å². The van der Waals surface area contributed by atoms with Crippen molar-refractivity contribution >= 4 is 11.8 Å². The maximum Gasteiger partial charge on any atom is 0.252 e. The van der Waals surface area contributed by atoms with Gasteiger partial charge in [-0.3, -0.25) is 14.5 Å². The van der Waals surface area contributed by atoms with Crippen molar-refractivity contribution in [3.05, 3.63) is 35.6 Å². The maximum atomic E-state index is 12.8. The molecule has 1 aromatic rings. The Morgan fingerprint density at radius 2 is 1.75 bits per heavy atom. The lowest BCUT2D eigenvalue weighted by Crippen LogP contribution is -2.51. The van der Waals surface area contributed by atoms with Crippen LogP contribution in [0.2, 0.25) is 0 Å². The highest BCUT2D eigenvalue weighted by atomic mass is 19.1. The predicted octanol–water partition coefficient (Wildman–Crippen LogP) is 0.677. The Hall–Kier alpha value is -1.95. The molecule has 2 amide bonds. The molecule has 2 rings (SSSR count). The molecule has 1 fully saturated rings. The first-order valence-corrected chi connectivity index (χ1v) is 6.58. The molecule has 1 aromatic carbocycles. The highest BCUT2D eigenvalue weighted by Gasteiger charge is 2.18. The normalized spacial score (nSPS) is 16.0. The summed E-state index contributed by atoms with van der Waals surface area (Å²) in [4.78, 5) is 26.9. The van der Waals surface area contributed by atoms with E-state index in [1.807, 2.05) is 0 Å². The summed E-state index contributed by atoms with van der Waals surface area (Å²) in [5.41, 5.74) is 0.439. The minimum Gasteiger partial charge on any atom is -0.340 e. The lowest BCUT2D eigenvalue weighted by Gasteiger charge is -2.34. The van der Waals surface area contributed by atoms with E-state index in [0.29, 0.717) is 25.3 Å².